The van der Waals surface area contributed by atoms with Gasteiger partial charge in [-0.1, -0.05) is 116 Å². The number of nitrogens with zero attached hydrogens (tertiary/aromatic N) is 2. The van der Waals surface area contributed by atoms with Gasteiger partial charge in [0.05, 0.1) is 11.4 Å². The lowest BCUT2D eigenvalue weighted by Gasteiger charge is -2.07. The molecule has 0 unspecified atom stereocenters. The first-order chi connectivity index (χ1) is 19.8. The van der Waals surface area contributed by atoms with Gasteiger partial charge in [0.2, 0.25) is 0 Å². The summed E-state index contributed by atoms with van der Waals surface area (Å²) in [6.45, 7) is 0.696. The predicted octanol–water partition coefficient (Wildman–Crippen LogP) is 9.80. The number of aryl methyl sites for hydroxylation is 2. The van der Waals surface area contributed by atoms with E-state index in [1.807, 2.05) is 12.4 Å². The van der Waals surface area contributed by atoms with Crippen molar-refractivity contribution in [2.24, 2.45) is 0 Å². The van der Waals surface area contributed by atoms with Gasteiger partial charge >= 0.3 is 0 Å². The minimum Gasteiger partial charge on any atom is -0.396 e. The lowest BCUT2D eigenvalue weighted by molar-refractivity contribution is 0.282. The lowest BCUT2D eigenvalue weighted by atomic mass is 10.0. The van der Waals surface area contributed by atoms with E-state index in [2.05, 4.69) is 34.2 Å². The van der Waals surface area contributed by atoms with E-state index in [0.717, 1.165) is 37.1 Å². The maximum absolute atomic E-state index is 8.83. The van der Waals surface area contributed by atoms with Crippen LogP contribution in [0.3, 0.4) is 0 Å². The largest absolute Gasteiger partial charge is 0.396 e. The van der Waals surface area contributed by atoms with E-state index in [-0.39, 0.29) is 0 Å². The number of unbranched alkanes of at least 4 members (excludes halogenated alkanes) is 20. The molecule has 226 valence electrons. The van der Waals surface area contributed by atoms with Crippen LogP contribution in [0.5, 0.6) is 0 Å². The van der Waals surface area contributed by atoms with Gasteiger partial charge in [0.1, 0.15) is 0 Å². The average Bonchev–Trinajstić information content (AvgIpc) is 2.98. The van der Waals surface area contributed by atoms with Gasteiger partial charge in [-0.05, 0) is 73.9 Å². The third-order valence-corrected chi connectivity index (χ3v) is 8.16. The molecule has 2 aromatic rings. The van der Waals surface area contributed by atoms with E-state index in [9.17, 15) is 0 Å². The number of aliphatic hydroxyl groups excluding tert-OH is 2. The van der Waals surface area contributed by atoms with Crippen LogP contribution in [-0.4, -0.2) is 33.4 Å². The summed E-state index contributed by atoms with van der Waals surface area (Å²) in [5, 5.41) is 17.7. The lowest BCUT2D eigenvalue weighted by Crippen LogP contribution is -1.94. The van der Waals surface area contributed by atoms with Crippen molar-refractivity contribution in [3.8, 4) is 11.4 Å². The Hall–Kier alpha value is -1.78. The fraction of sp³-hybridized carbons (Fsp3) is 0.722. The summed E-state index contributed by atoms with van der Waals surface area (Å²) >= 11 is 0. The van der Waals surface area contributed by atoms with E-state index in [1.54, 1.807) is 0 Å². The highest BCUT2D eigenvalue weighted by atomic mass is 16.3. The molecule has 40 heavy (non-hydrogen) atoms. The standard InChI is InChI=1S/C36H60N2O2/c39-29-21-17-13-9-5-1-3-7-11-15-19-23-33-25-27-37-35(31-33)36-32-34(26-28-38-36)24-20-16-12-8-4-2-6-10-14-18-22-30-40/h25-28,31-32,39-40H,1-24,29-30H2. The van der Waals surface area contributed by atoms with Crippen LogP contribution in [-0.2, 0) is 12.8 Å². The van der Waals surface area contributed by atoms with Crippen LogP contribution < -0.4 is 0 Å². The Morgan fingerprint density at radius 1 is 0.375 bits per heavy atom. The summed E-state index contributed by atoms with van der Waals surface area (Å²) in [6, 6.07) is 8.83. The van der Waals surface area contributed by atoms with Crippen molar-refractivity contribution in [2.45, 2.75) is 154 Å². The van der Waals surface area contributed by atoms with Gasteiger partial charge in [0.15, 0.2) is 0 Å². The van der Waals surface area contributed by atoms with E-state index in [0.29, 0.717) is 13.2 Å². The molecular formula is C36H60N2O2. The Kier molecular flexibility index (Phi) is 21.5. The second-order valence-electron chi connectivity index (χ2n) is 11.8. The van der Waals surface area contributed by atoms with Gasteiger partial charge in [-0.2, -0.15) is 0 Å². The molecule has 2 aromatic heterocycles. The SMILES string of the molecule is OCCCCCCCCCCCCCc1ccnc(-c2cc(CCCCCCCCCCCCCO)ccn2)c1. The van der Waals surface area contributed by atoms with Gasteiger partial charge < -0.3 is 10.2 Å². The molecule has 0 amide bonds. The van der Waals surface area contributed by atoms with Crippen molar-refractivity contribution in [3.63, 3.8) is 0 Å². The second kappa shape index (κ2) is 25.0. The Balaban J connectivity index is 1.55. The van der Waals surface area contributed by atoms with Crippen molar-refractivity contribution in [2.75, 3.05) is 13.2 Å². The zero-order valence-electron chi connectivity index (χ0n) is 25.6. The van der Waals surface area contributed by atoms with Crippen LogP contribution in [0.4, 0.5) is 0 Å². The minimum atomic E-state index is 0.348. The Morgan fingerprint density at radius 3 is 0.950 bits per heavy atom. The highest BCUT2D eigenvalue weighted by Gasteiger charge is 2.05. The first-order valence-electron chi connectivity index (χ1n) is 17.0. The van der Waals surface area contributed by atoms with Crippen LogP contribution in [0.15, 0.2) is 36.7 Å². The topological polar surface area (TPSA) is 66.2 Å². The summed E-state index contributed by atoms with van der Waals surface area (Å²) in [6.07, 6.45) is 34.4. The third-order valence-electron chi connectivity index (χ3n) is 8.16. The van der Waals surface area contributed by atoms with Gasteiger partial charge in [-0.3, -0.25) is 9.97 Å². The van der Waals surface area contributed by atoms with Crippen LogP contribution in [0.2, 0.25) is 0 Å². The summed E-state index contributed by atoms with van der Waals surface area (Å²) in [7, 11) is 0. The molecule has 4 nitrogen and oxygen atoms in total. The quantitative estimate of drug-likeness (QED) is 0.108. The molecular weight excluding hydrogens is 492 g/mol. The number of rotatable bonds is 27. The zero-order valence-corrected chi connectivity index (χ0v) is 25.6. The molecule has 0 bridgehead atoms. The molecule has 0 aliphatic rings. The number of aromatic nitrogens is 2. The summed E-state index contributed by atoms with van der Waals surface area (Å²) in [5.41, 5.74) is 4.78. The van der Waals surface area contributed by atoms with Crippen molar-refractivity contribution < 1.29 is 10.2 Å². The maximum Gasteiger partial charge on any atom is 0.0888 e. The average molecular weight is 553 g/mol. The fourth-order valence-corrected chi connectivity index (χ4v) is 5.60. The molecule has 0 aliphatic heterocycles. The van der Waals surface area contributed by atoms with Gasteiger partial charge in [0, 0.05) is 25.6 Å². The Labute approximate surface area is 246 Å². The highest BCUT2D eigenvalue weighted by Crippen LogP contribution is 2.20. The summed E-state index contributed by atoms with van der Waals surface area (Å²) < 4.78 is 0. The summed E-state index contributed by atoms with van der Waals surface area (Å²) in [4.78, 5) is 9.28. The van der Waals surface area contributed by atoms with Crippen LogP contribution >= 0.6 is 0 Å². The number of pyridine rings is 2. The van der Waals surface area contributed by atoms with Gasteiger partial charge in [-0.15, -0.1) is 0 Å². The van der Waals surface area contributed by atoms with Gasteiger partial charge in [0.25, 0.3) is 0 Å². The van der Waals surface area contributed by atoms with Crippen LogP contribution in [0.1, 0.15) is 152 Å². The molecule has 0 aliphatic carbocycles. The summed E-state index contributed by atoms with van der Waals surface area (Å²) in [5.74, 6) is 0. The molecule has 0 saturated heterocycles. The molecule has 0 aromatic carbocycles. The van der Waals surface area contributed by atoms with E-state index < -0.39 is 0 Å². The minimum absolute atomic E-state index is 0.348. The molecule has 0 radical (unpaired) electrons. The normalized spacial score (nSPS) is 11.3. The molecule has 2 rings (SSSR count). The van der Waals surface area contributed by atoms with Crippen LogP contribution in [0, 0.1) is 0 Å². The molecule has 0 atom stereocenters. The van der Waals surface area contributed by atoms with Gasteiger partial charge in [-0.25, -0.2) is 0 Å². The zero-order chi connectivity index (χ0) is 28.4. The third kappa shape index (κ3) is 17.8. The fourth-order valence-electron chi connectivity index (χ4n) is 5.60. The number of hydrogen-bond acceptors (Lipinski definition) is 4. The van der Waals surface area contributed by atoms with Crippen LogP contribution in [0.25, 0.3) is 11.4 Å². The Bertz CT molecular complexity index is 772. The highest BCUT2D eigenvalue weighted by molar-refractivity contribution is 5.55. The second-order valence-corrected chi connectivity index (χ2v) is 11.8. The van der Waals surface area contributed by atoms with Crippen molar-refractivity contribution >= 4 is 0 Å². The van der Waals surface area contributed by atoms with E-state index in [4.69, 9.17) is 10.2 Å². The first kappa shape index (κ1) is 34.4. The molecule has 0 saturated carbocycles. The molecule has 2 heterocycles. The number of aliphatic hydroxyl groups is 2. The monoisotopic (exact) mass is 552 g/mol. The molecule has 2 N–H and O–H groups in total. The van der Waals surface area contributed by atoms with Crippen molar-refractivity contribution in [1.29, 1.82) is 0 Å². The molecule has 4 heteroatoms. The predicted molar refractivity (Wildman–Crippen MR) is 171 cm³/mol. The van der Waals surface area contributed by atoms with Crippen molar-refractivity contribution in [3.05, 3.63) is 47.8 Å². The van der Waals surface area contributed by atoms with E-state index in [1.165, 1.54) is 140 Å². The molecule has 0 spiro atoms. The van der Waals surface area contributed by atoms with Crippen molar-refractivity contribution in [1.82, 2.24) is 9.97 Å². The smallest absolute Gasteiger partial charge is 0.0888 e. The maximum atomic E-state index is 8.83. The number of hydrogen-bond donors (Lipinski definition) is 2. The first-order valence-corrected chi connectivity index (χ1v) is 17.0. The molecule has 0 fully saturated rings. The Morgan fingerprint density at radius 2 is 0.650 bits per heavy atom. The van der Waals surface area contributed by atoms with E-state index >= 15 is 0 Å².